The molecule has 0 unspecified atom stereocenters. The maximum absolute atomic E-state index is 12.9. The Labute approximate surface area is 184 Å². The first-order valence-electron chi connectivity index (χ1n) is 12.9. The van der Waals surface area contributed by atoms with E-state index in [1.54, 1.807) is 0 Å². The Morgan fingerprint density at radius 3 is 1.93 bits per heavy atom. The Hall–Kier alpha value is -1.06. The number of carbonyl (C=O) groups excluding carboxylic acids is 1. The van der Waals surface area contributed by atoms with Gasteiger partial charge in [-0.3, -0.25) is 9.59 Å². The summed E-state index contributed by atoms with van der Waals surface area (Å²) in [7, 11) is 0. The number of ether oxygens (including phenoxy) is 1. The van der Waals surface area contributed by atoms with Gasteiger partial charge in [0.25, 0.3) is 0 Å². The minimum absolute atomic E-state index is 0.0501. The molecule has 0 radical (unpaired) electrons. The molecule has 0 aromatic heterocycles. The van der Waals surface area contributed by atoms with Crippen LogP contribution in [0.15, 0.2) is 0 Å². The molecule has 4 heteroatoms. The standard InChI is InChI=1S/C26H46O4/c1-21(2)13-9-6-4-3-5-7-10-18-26(19-11-8-12-20-26)30-25(29)23-16-14-22(15-17-23)24(27)28/h21-23H,3-20H2,1-2H3,(H,27,28). The van der Waals surface area contributed by atoms with Crippen molar-refractivity contribution >= 4 is 11.9 Å². The Kier molecular flexibility index (Phi) is 11.2. The molecule has 2 rings (SSSR count). The first kappa shape index (κ1) is 25.2. The summed E-state index contributed by atoms with van der Waals surface area (Å²) >= 11 is 0. The minimum atomic E-state index is -0.717. The normalized spacial score (nSPS) is 24.0. The van der Waals surface area contributed by atoms with Crippen molar-refractivity contribution in [3.8, 4) is 0 Å². The van der Waals surface area contributed by atoms with Gasteiger partial charge in [0.2, 0.25) is 0 Å². The molecule has 0 aliphatic heterocycles. The van der Waals surface area contributed by atoms with E-state index in [4.69, 9.17) is 4.74 Å². The van der Waals surface area contributed by atoms with E-state index in [0.29, 0.717) is 25.7 Å². The van der Waals surface area contributed by atoms with Crippen molar-refractivity contribution in [2.24, 2.45) is 17.8 Å². The molecule has 0 bridgehead atoms. The Morgan fingerprint density at radius 1 is 0.833 bits per heavy atom. The lowest BCUT2D eigenvalue weighted by atomic mass is 9.79. The fraction of sp³-hybridized carbons (Fsp3) is 0.923. The van der Waals surface area contributed by atoms with Crippen LogP contribution in [0.4, 0.5) is 0 Å². The maximum Gasteiger partial charge on any atom is 0.309 e. The van der Waals surface area contributed by atoms with Crippen LogP contribution in [0.5, 0.6) is 0 Å². The molecule has 2 aliphatic carbocycles. The van der Waals surface area contributed by atoms with Crippen molar-refractivity contribution in [3.63, 3.8) is 0 Å². The summed E-state index contributed by atoms with van der Waals surface area (Å²) in [6.07, 6.45) is 19.6. The highest BCUT2D eigenvalue weighted by molar-refractivity contribution is 5.74. The first-order chi connectivity index (χ1) is 14.4. The third kappa shape index (κ3) is 8.98. The highest BCUT2D eigenvalue weighted by atomic mass is 16.6. The first-order valence-corrected chi connectivity index (χ1v) is 12.9. The van der Waals surface area contributed by atoms with Gasteiger partial charge in [-0.1, -0.05) is 65.2 Å². The van der Waals surface area contributed by atoms with Crippen molar-refractivity contribution < 1.29 is 19.4 Å². The lowest BCUT2D eigenvalue weighted by Crippen LogP contribution is -2.40. The van der Waals surface area contributed by atoms with E-state index in [2.05, 4.69) is 13.8 Å². The molecule has 30 heavy (non-hydrogen) atoms. The van der Waals surface area contributed by atoms with Crippen molar-refractivity contribution in [1.82, 2.24) is 0 Å². The number of hydrogen-bond donors (Lipinski definition) is 1. The summed E-state index contributed by atoms with van der Waals surface area (Å²) in [5.74, 6) is -0.309. The molecule has 0 aromatic rings. The molecule has 2 fully saturated rings. The second kappa shape index (κ2) is 13.4. The van der Waals surface area contributed by atoms with Crippen molar-refractivity contribution in [2.45, 2.75) is 135 Å². The molecular weight excluding hydrogens is 376 g/mol. The number of hydrogen-bond acceptors (Lipinski definition) is 3. The van der Waals surface area contributed by atoms with Crippen molar-refractivity contribution in [2.75, 3.05) is 0 Å². The largest absolute Gasteiger partial charge is 0.481 e. The van der Waals surface area contributed by atoms with Crippen LogP contribution in [0, 0.1) is 17.8 Å². The summed E-state index contributed by atoms with van der Waals surface area (Å²) in [5, 5.41) is 9.17. The van der Waals surface area contributed by atoms with Gasteiger partial charge in [0.15, 0.2) is 0 Å². The van der Waals surface area contributed by atoms with Crippen LogP contribution in [-0.2, 0) is 14.3 Å². The Bertz CT molecular complexity index is 499. The van der Waals surface area contributed by atoms with Crippen molar-refractivity contribution in [3.05, 3.63) is 0 Å². The maximum atomic E-state index is 12.9. The molecule has 1 N–H and O–H groups in total. The number of aliphatic carboxylic acids is 1. The van der Waals surface area contributed by atoms with E-state index in [0.717, 1.165) is 44.4 Å². The molecule has 4 nitrogen and oxygen atoms in total. The van der Waals surface area contributed by atoms with Crippen LogP contribution in [0.1, 0.15) is 129 Å². The van der Waals surface area contributed by atoms with E-state index >= 15 is 0 Å². The number of carboxylic acid groups (broad SMARTS) is 1. The highest BCUT2D eigenvalue weighted by Gasteiger charge is 2.38. The minimum Gasteiger partial charge on any atom is -0.481 e. The lowest BCUT2D eigenvalue weighted by molar-refractivity contribution is -0.172. The fourth-order valence-electron chi connectivity index (χ4n) is 5.36. The van der Waals surface area contributed by atoms with Crippen LogP contribution in [0.2, 0.25) is 0 Å². The van der Waals surface area contributed by atoms with Crippen molar-refractivity contribution in [1.29, 1.82) is 0 Å². The van der Waals surface area contributed by atoms with Gasteiger partial charge in [-0.2, -0.15) is 0 Å². The van der Waals surface area contributed by atoms with Crippen LogP contribution < -0.4 is 0 Å². The fourth-order valence-corrected chi connectivity index (χ4v) is 5.36. The summed E-state index contributed by atoms with van der Waals surface area (Å²) in [6, 6.07) is 0. The van der Waals surface area contributed by atoms with Gasteiger partial charge in [-0.25, -0.2) is 0 Å². The van der Waals surface area contributed by atoms with Gasteiger partial charge in [0.1, 0.15) is 5.60 Å². The number of esters is 1. The second-order valence-electron chi connectivity index (χ2n) is 10.5. The third-order valence-electron chi connectivity index (χ3n) is 7.41. The summed E-state index contributed by atoms with van der Waals surface area (Å²) < 4.78 is 6.21. The molecule has 0 spiro atoms. The molecular formula is C26H46O4. The average Bonchev–Trinajstić information content (AvgIpc) is 2.73. The molecule has 2 saturated carbocycles. The quantitative estimate of drug-likeness (QED) is 0.250. The molecule has 0 amide bonds. The molecule has 0 aromatic carbocycles. The van der Waals surface area contributed by atoms with Crippen LogP contribution in [-0.4, -0.2) is 22.6 Å². The van der Waals surface area contributed by atoms with Gasteiger partial charge in [-0.05, 0) is 70.1 Å². The van der Waals surface area contributed by atoms with Crippen LogP contribution in [0.3, 0.4) is 0 Å². The third-order valence-corrected chi connectivity index (χ3v) is 7.41. The number of carbonyl (C=O) groups is 2. The summed E-state index contributed by atoms with van der Waals surface area (Å²) in [4.78, 5) is 24.0. The molecule has 0 heterocycles. The van der Waals surface area contributed by atoms with E-state index < -0.39 is 5.97 Å². The van der Waals surface area contributed by atoms with Gasteiger partial charge in [0, 0.05) is 0 Å². The number of carboxylic acids is 1. The number of rotatable bonds is 13. The Balaban J connectivity index is 1.68. The summed E-state index contributed by atoms with van der Waals surface area (Å²) in [5.41, 5.74) is -0.240. The average molecular weight is 423 g/mol. The van der Waals surface area contributed by atoms with Gasteiger partial charge in [0.05, 0.1) is 11.8 Å². The number of unbranched alkanes of at least 4 members (excludes halogenated alkanes) is 6. The molecule has 174 valence electrons. The van der Waals surface area contributed by atoms with E-state index in [1.165, 1.54) is 51.4 Å². The monoisotopic (exact) mass is 422 g/mol. The zero-order valence-corrected chi connectivity index (χ0v) is 19.6. The van der Waals surface area contributed by atoms with Crippen LogP contribution in [0.25, 0.3) is 0 Å². The van der Waals surface area contributed by atoms with E-state index in [1.807, 2.05) is 0 Å². The predicted molar refractivity (Wildman–Crippen MR) is 121 cm³/mol. The van der Waals surface area contributed by atoms with E-state index in [9.17, 15) is 14.7 Å². The van der Waals surface area contributed by atoms with E-state index in [-0.39, 0.29) is 23.4 Å². The molecule has 0 saturated heterocycles. The summed E-state index contributed by atoms with van der Waals surface area (Å²) in [6.45, 7) is 4.60. The highest BCUT2D eigenvalue weighted by Crippen LogP contribution is 2.38. The smallest absolute Gasteiger partial charge is 0.309 e. The second-order valence-corrected chi connectivity index (χ2v) is 10.5. The van der Waals surface area contributed by atoms with Gasteiger partial charge < -0.3 is 9.84 Å². The molecule has 2 aliphatic rings. The zero-order chi connectivity index (χ0) is 21.8. The topological polar surface area (TPSA) is 63.6 Å². The SMILES string of the molecule is CC(C)CCCCCCCCCC1(OC(=O)C2CCC(C(=O)O)CC2)CCCCC1. The van der Waals surface area contributed by atoms with Gasteiger partial charge in [-0.15, -0.1) is 0 Å². The molecule has 0 atom stereocenters. The van der Waals surface area contributed by atoms with Crippen LogP contribution >= 0.6 is 0 Å². The van der Waals surface area contributed by atoms with Gasteiger partial charge >= 0.3 is 11.9 Å². The Morgan fingerprint density at radius 2 is 1.37 bits per heavy atom. The zero-order valence-electron chi connectivity index (χ0n) is 19.6. The lowest BCUT2D eigenvalue weighted by Gasteiger charge is -2.38. The predicted octanol–water partition coefficient (Wildman–Crippen LogP) is 7.29.